The van der Waals surface area contributed by atoms with Crippen molar-refractivity contribution in [2.24, 2.45) is 0 Å². The summed E-state index contributed by atoms with van der Waals surface area (Å²) in [7, 11) is 0. The first-order chi connectivity index (χ1) is 12.5. The van der Waals surface area contributed by atoms with Crippen LogP contribution in [-0.4, -0.2) is 11.8 Å². The minimum Gasteiger partial charge on any atom is -0.459 e. The highest BCUT2D eigenvalue weighted by atomic mass is 16.3. The van der Waals surface area contributed by atoms with Crippen LogP contribution in [0.2, 0.25) is 0 Å². The number of amides is 2. The first-order valence-corrected chi connectivity index (χ1v) is 8.63. The van der Waals surface area contributed by atoms with Gasteiger partial charge in [0.15, 0.2) is 0 Å². The minimum atomic E-state index is -0.364. The summed E-state index contributed by atoms with van der Waals surface area (Å²) in [5.41, 5.74) is 1.69. The fraction of sp³-hybridized carbons (Fsp3) is 0.238. The molecule has 0 bridgehead atoms. The second-order valence-electron chi connectivity index (χ2n) is 6.34. The lowest BCUT2D eigenvalue weighted by atomic mass is 10.0. The number of hydrogen-bond acceptors (Lipinski definition) is 3. The maximum absolute atomic E-state index is 12.5. The Labute approximate surface area is 152 Å². The Hall–Kier alpha value is -3.08. The van der Waals surface area contributed by atoms with Crippen molar-refractivity contribution in [3.63, 3.8) is 0 Å². The van der Waals surface area contributed by atoms with Crippen LogP contribution in [0.15, 0.2) is 65.1 Å². The van der Waals surface area contributed by atoms with Crippen LogP contribution in [-0.2, 0) is 9.59 Å². The average Bonchev–Trinajstić information content (AvgIpc) is 3.06. The third-order valence-electron chi connectivity index (χ3n) is 4.22. The summed E-state index contributed by atoms with van der Waals surface area (Å²) in [6, 6.07) is 18.5. The van der Waals surface area contributed by atoms with E-state index in [0.29, 0.717) is 5.76 Å². The van der Waals surface area contributed by atoms with Gasteiger partial charge in [-0.1, -0.05) is 48.5 Å². The van der Waals surface area contributed by atoms with Gasteiger partial charge in [-0.15, -0.1) is 0 Å². The van der Waals surface area contributed by atoms with Crippen molar-refractivity contribution < 1.29 is 14.0 Å². The molecule has 0 fully saturated rings. The van der Waals surface area contributed by atoms with Gasteiger partial charge >= 0.3 is 0 Å². The van der Waals surface area contributed by atoms with E-state index in [4.69, 9.17) is 4.42 Å². The number of rotatable bonds is 6. The lowest BCUT2D eigenvalue weighted by molar-refractivity contribution is -0.123. The van der Waals surface area contributed by atoms with Gasteiger partial charge in [0.1, 0.15) is 11.3 Å². The molecule has 0 aliphatic carbocycles. The van der Waals surface area contributed by atoms with Crippen LogP contribution >= 0.6 is 0 Å². The van der Waals surface area contributed by atoms with Gasteiger partial charge in [0.25, 0.3) is 0 Å². The first-order valence-electron chi connectivity index (χ1n) is 8.63. The van der Waals surface area contributed by atoms with Crippen molar-refractivity contribution >= 4 is 22.8 Å². The van der Waals surface area contributed by atoms with Crippen molar-refractivity contribution in [1.29, 1.82) is 0 Å². The third kappa shape index (κ3) is 4.30. The molecule has 1 heterocycles. The molecule has 3 rings (SSSR count). The standard InChI is InChI=1S/C21H22N2O3/c1-14(20-12-17-10-6-7-11-19(17)26-20)22-21(25)13-18(23-15(2)24)16-8-4-3-5-9-16/h3-12,14,18H,13H2,1-2H3,(H,22,25)(H,23,24). The van der Waals surface area contributed by atoms with Crippen LogP contribution in [0.4, 0.5) is 0 Å². The first kappa shape index (κ1) is 17.7. The molecule has 2 unspecified atom stereocenters. The Morgan fingerprint density at radius 2 is 1.69 bits per heavy atom. The van der Waals surface area contributed by atoms with Gasteiger partial charge in [0.05, 0.1) is 18.5 Å². The number of furan rings is 1. The summed E-state index contributed by atoms with van der Waals surface area (Å²) in [5.74, 6) is 0.382. The summed E-state index contributed by atoms with van der Waals surface area (Å²) in [6.45, 7) is 3.33. The van der Waals surface area contributed by atoms with E-state index in [9.17, 15) is 9.59 Å². The zero-order chi connectivity index (χ0) is 18.5. The highest BCUT2D eigenvalue weighted by Crippen LogP contribution is 2.24. The van der Waals surface area contributed by atoms with Crippen LogP contribution in [0.5, 0.6) is 0 Å². The van der Waals surface area contributed by atoms with Crippen molar-refractivity contribution in [2.45, 2.75) is 32.4 Å². The van der Waals surface area contributed by atoms with E-state index in [-0.39, 0.29) is 30.3 Å². The summed E-state index contributed by atoms with van der Waals surface area (Å²) >= 11 is 0. The number of nitrogens with one attached hydrogen (secondary N) is 2. The molecular weight excluding hydrogens is 328 g/mol. The molecule has 0 saturated heterocycles. The molecule has 5 nitrogen and oxygen atoms in total. The van der Waals surface area contributed by atoms with Gasteiger partial charge in [-0.05, 0) is 24.6 Å². The fourth-order valence-corrected chi connectivity index (χ4v) is 2.96. The lowest BCUT2D eigenvalue weighted by Crippen LogP contribution is -2.33. The average molecular weight is 350 g/mol. The number of benzene rings is 2. The second kappa shape index (κ2) is 7.87. The summed E-state index contributed by atoms with van der Waals surface area (Å²) in [6.07, 6.45) is 0.161. The zero-order valence-corrected chi connectivity index (χ0v) is 14.9. The van der Waals surface area contributed by atoms with Gasteiger partial charge in [0, 0.05) is 12.3 Å². The van der Waals surface area contributed by atoms with Crippen molar-refractivity contribution in [2.75, 3.05) is 0 Å². The Bertz CT molecular complexity index is 869. The monoisotopic (exact) mass is 350 g/mol. The second-order valence-corrected chi connectivity index (χ2v) is 6.34. The SMILES string of the molecule is CC(=O)NC(CC(=O)NC(C)c1cc2ccccc2o1)c1ccccc1. The molecule has 2 aromatic carbocycles. The van der Waals surface area contributed by atoms with Crippen LogP contribution in [0.1, 0.15) is 43.7 Å². The number of carbonyl (C=O) groups is 2. The van der Waals surface area contributed by atoms with E-state index >= 15 is 0 Å². The fourth-order valence-electron chi connectivity index (χ4n) is 2.96. The molecule has 1 aromatic heterocycles. The normalized spacial score (nSPS) is 13.2. The Balaban J connectivity index is 1.68. The van der Waals surface area contributed by atoms with Crippen molar-refractivity contribution in [3.05, 3.63) is 72.0 Å². The predicted octanol–water partition coefficient (Wildman–Crippen LogP) is 3.88. The van der Waals surface area contributed by atoms with Gasteiger partial charge in [-0.25, -0.2) is 0 Å². The molecule has 3 aromatic rings. The van der Waals surface area contributed by atoms with Crippen LogP contribution in [0, 0.1) is 0 Å². The van der Waals surface area contributed by atoms with Gasteiger partial charge in [-0.3, -0.25) is 9.59 Å². The smallest absolute Gasteiger partial charge is 0.222 e. The molecule has 26 heavy (non-hydrogen) atoms. The molecule has 0 aliphatic rings. The van der Waals surface area contributed by atoms with Crippen LogP contribution < -0.4 is 10.6 Å². The molecule has 0 spiro atoms. The molecule has 134 valence electrons. The molecular formula is C21H22N2O3. The van der Waals surface area contributed by atoms with Crippen molar-refractivity contribution in [3.8, 4) is 0 Å². The van der Waals surface area contributed by atoms with Crippen LogP contribution in [0.3, 0.4) is 0 Å². The predicted molar refractivity (Wildman–Crippen MR) is 100 cm³/mol. The molecule has 0 radical (unpaired) electrons. The maximum atomic E-state index is 12.5. The summed E-state index contributed by atoms with van der Waals surface area (Å²) in [5, 5.41) is 6.79. The van der Waals surface area contributed by atoms with E-state index in [1.807, 2.05) is 67.6 Å². The topological polar surface area (TPSA) is 71.3 Å². The largest absolute Gasteiger partial charge is 0.459 e. The van der Waals surface area contributed by atoms with E-state index in [1.54, 1.807) is 0 Å². The van der Waals surface area contributed by atoms with Gasteiger partial charge < -0.3 is 15.1 Å². The molecule has 2 N–H and O–H groups in total. The van der Waals surface area contributed by atoms with E-state index < -0.39 is 0 Å². The van der Waals surface area contributed by atoms with Gasteiger partial charge in [0.2, 0.25) is 11.8 Å². The zero-order valence-electron chi connectivity index (χ0n) is 14.9. The minimum absolute atomic E-state index is 0.152. The number of fused-ring (bicyclic) bond motifs is 1. The third-order valence-corrected chi connectivity index (χ3v) is 4.22. The summed E-state index contributed by atoms with van der Waals surface area (Å²) < 4.78 is 5.80. The quantitative estimate of drug-likeness (QED) is 0.709. The van der Waals surface area contributed by atoms with Crippen molar-refractivity contribution in [1.82, 2.24) is 10.6 Å². The molecule has 0 aliphatic heterocycles. The maximum Gasteiger partial charge on any atom is 0.222 e. The Morgan fingerprint density at radius 3 is 2.38 bits per heavy atom. The molecule has 2 amide bonds. The number of carbonyl (C=O) groups excluding carboxylic acids is 2. The number of hydrogen-bond donors (Lipinski definition) is 2. The van der Waals surface area contributed by atoms with E-state index in [2.05, 4.69) is 10.6 Å². The summed E-state index contributed by atoms with van der Waals surface area (Å²) in [4.78, 5) is 24.0. The number of para-hydroxylation sites is 1. The van der Waals surface area contributed by atoms with E-state index in [1.165, 1.54) is 6.92 Å². The van der Waals surface area contributed by atoms with Crippen LogP contribution in [0.25, 0.3) is 11.0 Å². The highest BCUT2D eigenvalue weighted by Gasteiger charge is 2.20. The Morgan fingerprint density at radius 1 is 1.00 bits per heavy atom. The van der Waals surface area contributed by atoms with E-state index in [0.717, 1.165) is 16.5 Å². The Kier molecular flexibility index (Phi) is 5.37. The highest BCUT2D eigenvalue weighted by molar-refractivity contribution is 5.80. The molecule has 0 saturated carbocycles. The van der Waals surface area contributed by atoms with Gasteiger partial charge in [-0.2, -0.15) is 0 Å². The molecule has 2 atom stereocenters. The molecule has 5 heteroatoms. The lowest BCUT2D eigenvalue weighted by Gasteiger charge is -2.19.